The van der Waals surface area contributed by atoms with Gasteiger partial charge >= 0.3 is 6.03 Å². The molecule has 5 nitrogen and oxygen atoms in total. The maximum Gasteiger partial charge on any atom is 0.319 e. The lowest BCUT2D eigenvalue weighted by atomic mass is 10.0. The number of rotatable bonds is 2. The minimum Gasteiger partial charge on any atom is -0.353 e. The number of aromatic nitrogens is 1. The van der Waals surface area contributed by atoms with E-state index in [1.54, 1.807) is 19.0 Å². The number of benzene rings is 2. The van der Waals surface area contributed by atoms with Crippen molar-refractivity contribution in [3.05, 3.63) is 60.7 Å². The van der Waals surface area contributed by atoms with Crippen LogP contribution in [0.4, 0.5) is 10.6 Å². The first-order valence-corrected chi connectivity index (χ1v) is 9.30. The van der Waals surface area contributed by atoms with Crippen LogP contribution in [0.3, 0.4) is 0 Å². The van der Waals surface area contributed by atoms with Gasteiger partial charge in [0, 0.05) is 45.7 Å². The number of pyridine rings is 1. The first kappa shape index (κ1) is 17.3. The third-order valence-corrected chi connectivity index (χ3v) is 5.04. The van der Waals surface area contributed by atoms with Gasteiger partial charge in [-0.2, -0.15) is 0 Å². The summed E-state index contributed by atoms with van der Waals surface area (Å²) in [5.74, 6) is 0.976. The Balaban J connectivity index is 1.67. The summed E-state index contributed by atoms with van der Waals surface area (Å²) in [6.45, 7) is 3.01. The molecular formula is C22H24N4O. The van der Waals surface area contributed by atoms with Crippen LogP contribution in [0.1, 0.15) is 0 Å². The molecule has 0 radical (unpaired) electrons. The number of anilines is 1. The standard InChI is InChI=1S/C22H24N4O/c1-24(2)22(27)26-14-12-25(13-15-26)21-16-19(17-8-4-3-5-9-17)18-10-6-7-11-20(18)23-21/h3-11,16H,12-15H2,1-2H3. The zero-order valence-electron chi connectivity index (χ0n) is 15.8. The SMILES string of the molecule is CN(C)C(=O)N1CCN(c2cc(-c3ccccc3)c3ccccc3n2)CC1. The molecule has 2 amide bonds. The topological polar surface area (TPSA) is 39.7 Å². The fraction of sp³-hybridized carbons (Fsp3) is 0.273. The van der Waals surface area contributed by atoms with Gasteiger partial charge in [0.05, 0.1) is 5.52 Å². The molecule has 0 N–H and O–H groups in total. The van der Waals surface area contributed by atoms with E-state index in [-0.39, 0.29) is 6.03 Å². The normalized spacial score (nSPS) is 14.4. The van der Waals surface area contributed by atoms with Crippen molar-refractivity contribution in [1.29, 1.82) is 0 Å². The lowest BCUT2D eigenvalue weighted by Crippen LogP contribution is -2.51. The van der Waals surface area contributed by atoms with Crippen molar-refractivity contribution < 1.29 is 4.79 Å². The van der Waals surface area contributed by atoms with Crippen LogP contribution >= 0.6 is 0 Å². The van der Waals surface area contributed by atoms with Gasteiger partial charge in [-0.15, -0.1) is 0 Å². The highest BCUT2D eigenvalue weighted by Crippen LogP contribution is 2.31. The van der Waals surface area contributed by atoms with Gasteiger partial charge in [0.15, 0.2) is 0 Å². The van der Waals surface area contributed by atoms with Crippen LogP contribution in [0.15, 0.2) is 60.7 Å². The second-order valence-corrected chi connectivity index (χ2v) is 7.06. The first-order chi connectivity index (χ1) is 13.1. The molecule has 0 unspecified atom stereocenters. The highest BCUT2D eigenvalue weighted by molar-refractivity contribution is 5.96. The third-order valence-electron chi connectivity index (χ3n) is 5.04. The molecule has 3 aromatic rings. The fourth-order valence-electron chi connectivity index (χ4n) is 3.59. The second kappa shape index (κ2) is 7.27. The van der Waals surface area contributed by atoms with E-state index in [4.69, 9.17) is 4.98 Å². The van der Waals surface area contributed by atoms with Crippen LogP contribution in [0.25, 0.3) is 22.0 Å². The van der Waals surface area contributed by atoms with Crippen LogP contribution in [0, 0.1) is 0 Å². The van der Waals surface area contributed by atoms with Crippen LogP contribution in [0.5, 0.6) is 0 Å². The monoisotopic (exact) mass is 360 g/mol. The van der Waals surface area contributed by atoms with Crippen molar-refractivity contribution in [2.75, 3.05) is 45.2 Å². The Kier molecular flexibility index (Phi) is 4.67. The molecule has 1 aliphatic rings. The molecule has 1 aliphatic heterocycles. The number of carbonyl (C=O) groups is 1. The Bertz CT molecular complexity index is 947. The zero-order chi connectivity index (χ0) is 18.8. The third kappa shape index (κ3) is 3.45. The molecule has 2 aromatic carbocycles. The van der Waals surface area contributed by atoms with Gasteiger partial charge in [0.1, 0.15) is 5.82 Å². The summed E-state index contributed by atoms with van der Waals surface area (Å²) in [4.78, 5) is 22.9. The highest BCUT2D eigenvalue weighted by atomic mass is 16.2. The predicted molar refractivity (Wildman–Crippen MR) is 110 cm³/mol. The largest absolute Gasteiger partial charge is 0.353 e. The highest BCUT2D eigenvalue weighted by Gasteiger charge is 2.23. The summed E-state index contributed by atoms with van der Waals surface area (Å²) in [5.41, 5.74) is 3.39. The lowest BCUT2D eigenvalue weighted by Gasteiger charge is -2.36. The molecule has 1 fully saturated rings. The Labute approximate surface area is 159 Å². The fourth-order valence-corrected chi connectivity index (χ4v) is 3.59. The number of fused-ring (bicyclic) bond motifs is 1. The summed E-state index contributed by atoms with van der Waals surface area (Å²) in [5, 5.41) is 1.16. The van der Waals surface area contributed by atoms with E-state index in [1.165, 1.54) is 11.1 Å². The number of nitrogens with zero attached hydrogens (tertiary/aromatic N) is 4. The zero-order valence-corrected chi connectivity index (χ0v) is 15.8. The van der Waals surface area contributed by atoms with Crippen LogP contribution in [0.2, 0.25) is 0 Å². The molecule has 138 valence electrons. The van der Waals surface area contributed by atoms with Crippen molar-refractivity contribution in [1.82, 2.24) is 14.8 Å². The van der Waals surface area contributed by atoms with E-state index < -0.39 is 0 Å². The van der Waals surface area contributed by atoms with Gasteiger partial charge in [-0.05, 0) is 23.3 Å². The number of urea groups is 1. The van der Waals surface area contributed by atoms with Gasteiger partial charge in [-0.3, -0.25) is 0 Å². The number of hydrogen-bond donors (Lipinski definition) is 0. The summed E-state index contributed by atoms with van der Waals surface area (Å²) >= 11 is 0. The number of para-hydroxylation sites is 1. The Hall–Kier alpha value is -3.08. The minimum atomic E-state index is 0.0751. The maximum absolute atomic E-state index is 12.2. The average molecular weight is 360 g/mol. The van der Waals surface area contributed by atoms with Crippen molar-refractivity contribution in [2.45, 2.75) is 0 Å². The molecule has 0 bridgehead atoms. The van der Waals surface area contributed by atoms with Gasteiger partial charge < -0.3 is 14.7 Å². The summed E-state index contributed by atoms with van der Waals surface area (Å²) in [6.07, 6.45) is 0. The van der Waals surface area contributed by atoms with Crippen molar-refractivity contribution in [3.8, 4) is 11.1 Å². The van der Waals surface area contributed by atoms with E-state index in [1.807, 2.05) is 17.0 Å². The minimum absolute atomic E-state index is 0.0751. The van der Waals surface area contributed by atoms with Crippen molar-refractivity contribution in [3.63, 3.8) is 0 Å². The van der Waals surface area contributed by atoms with E-state index in [2.05, 4.69) is 53.4 Å². The molecule has 4 rings (SSSR count). The molecule has 1 aromatic heterocycles. The molecule has 2 heterocycles. The van der Waals surface area contributed by atoms with Crippen LogP contribution < -0.4 is 4.90 Å². The van der Waals surface area contributed by atoms with E-state index in [9.17, 15) is 4.79 Å². The van der Waals surface area contributed by atoms with E-state index in [0.29, 0.717) is 13.1 Å². The summed E-state index contributed by atoms with van der Waals surface area (Å²) < 4.78 is 0. The van der Waals surface area contributed by atoms with Crippen molar-refractivity contribution >= 4 is 22.8 Å². The summed E-state index contributed by atoms with van der Waals surface area (Å²) in [7, 11) is 3.59. The van der Waals surface area contributed by atoms with Gasteiger partial charge in [0.25, 0.3) is 0 Å². The molecule has 5 heteroatoms. The van der Waals surface area contributed by atoms with Gasteiger partial charge in [-0.1, -0.05) is 48.5 Å². The quantitative estimate of drug-likeness (QED) is 0.699. The Morgan fingerprint density at radius 2 is 1.59 bits per heavy atom. The smallest absolute Gasteiger partial charge is 0.319 e. The number of amides is 2. The molecule has 0 aliphatic carbocycles. The van der Waals surface area contributed by atoms with Crippen LogP contribution in [-0.2, 0) is 0 Å². The van der Waals surface area contributed by atoms with E-state index in [0.717, 1.165) is 29.8 Å². The molecule has 0 saturated carbocycles. The second-order valence-electron chi connectivity index (χ2n) is 7.06. The van der Waals surface area contributed by atoms with E-state index >= 15 is 0 Å². The van der Waals surface area contributed by atoms with Crippen LogP contribution in [-0.4, -0.2) is 61.1 Å². The molecule has 27 heavy (non-hydrogen) atoms. The predicted octanol–water partition coefficient (Wildman–Crippen LogP) is 3.71. The molecular weight excluding hydrogens is 336 g/mol. The summed E-state index contributed by atoms with van der Waals surface area (Å²) in [6, 6.07) is 21.0. The number of piperazine rings is 1. The Morgan fingerprint density at radius 1 is 0.926 bits per heavy atom. The van der Waals surface area contributed by atoms with Gasteiger partial charge in [-0.25, -0.2) is 9.78 Å². The van der Waals surface area contributed by atoms with Crippen molar-refractivity contribution in [2.24, 2.45) is 0 Å². The molecule has 1 saturated heterocycles. The van der Waals surface area contributed by atoms with Gasteiger partial charge in [0.2, 0.25) is 0 Å². The average Bonchev–Trinajstić information content (AvgIpc) is 2.73. The molecule has 0 atom stereocenters. The maximum atomic E-state index is 12.2. The first-order valence-electron chi connectivity index (χ1n) is 9.30. The lowest BCUT2D eigenvalue weighted by molar-refractivity contribution is 0.168. The number of carbonyl (C=O) groups excluding carboxylic acids is 1. The Morgan fingerprint density at radius 3 is 2.30 bits per heavy atom. The molecule has 0 spiro atoms. The number of hydrogen-bond acceptors (Lipinski definition) is 3.